The van der Waals surface area contributed by atoms with Gasteiger partial charge >= 0.3 is 0 Å². The quantitative estimate of drug-likeness (QED) is 0.777. The van der Waals surface area contributed by atoms with Crippen LogP contribution in [0, 0.1) is 6.92 Å². The molecule has 0 aliphatic heterocycles. The zero-order chi connectivity index (χ0) is 19.4. The molecule has 0 aromatic heterocycles. The SMILES string of the molecule is Cc1ccc(C(C)C)c(OCC(=O)Nc2ccc(C(=O)NC3CC3)cc2)c1. The van der Waals surface area contributed by atoms with Gasteiger partial charge in [-0.2, -0.15) is 0 Å². The number of anilines is 1. The van der Waals surface area contributed by atoms with E-state index in [1.807, 2.05) is 25.1 Å². The second-order valence-electron chi connectivity index (χ2n) is 7.36. The third-order valence-electron chi connectivity index (χ3n) is 4.49. The van der Waals surface area contributed by atoms with E-state index in [1.165, 1.54) is 0 Å². The van der Waals surface area contributed by atoms with Crippen molar-refractivity contribution in [1.29, 1.82) is 0 Å². The zero-order valence-electron chi connectivity index (χ0n) is 16.0. The summed E-state index contributed by atoms with van der Waals surface area (Å²) in [6.45, 7) is 6.13. The summed E-state index contributed by atoms with van der Waals surface area (Å²) in [6, 6.07) is 13.2. The lowest BCUT2D eigenvalue weighted by atomic mass is 10.0. The van der Waals surface area contributed by atoms with Crippen LogP contribution in [0.1, 0.15) is 54.1 Å². The topological polar surface area (TPSA) is 67.4 Å². The third kappa shape index (κ3) is 5.33. The molecule has 2 N–H and O–H groups in total. The summed E-state index contributed by atoms with van der Waals surface area (Å²) in [4.78, 5) is 24.2. The highest BCUT2D eigenvalue weighted by molar-refractivity contribution is 5.96. The van der Waals surface area contributed by atoms with Gasteiger partial charge in [0.05, 0.1) is 0 Å². The predicted molar refractivity (Wildman–Crippen MR) is 106 cm³/mol. The van der Waals surface area contributed by atoms with Crippen molar-refractivity contribution in [1.82, 2.24) is 5.32 Å². The van der Waals surface area contributed by atoms with Gasteiger partial charge in [0.2, 0.25) is 0 Å². The van der Waals surface area contributed by atoms with Crippen molar-refractivity contribution in [3.8, 4) is 5.75 Å². The largest absolute Gasteiger partial charge is 0.483 e. The number of hydrogen-bond donors (Lipinski definition) is 2. The summed E-state index contributed by atoms with van der Waals surface area (Å²) >= 11 is 0. The molecule has 2 amide bonds. The van der Waals surface area contributed by atoms with Crippen LogP contribution in [0.3, 0.4) is 0 Å². The lowest BCUT2D eigenvalue weighted by Crippen LogP contribution is -2.25. The summed E-state index contributed by atoms with van der Waals surface area (Å²) < 4.78 is 5.75. The first-order valence-corrected chi connectivity index (χ1v) is 9.36. The summed E-state index contributed by atoms with van der Waals surface area (Å²) in [7, 11) is 0. The molecule has 0 saturated heterocycles. The van der Waals surface area contributed by atoms with E-state index in [4.69, 9.17) is 4.74 Å². The number of nitrogens with one attached hydrogen (secondary N) is 2. The average Bonchev–Trinajstić information content (AvgIpc) is 3.44. The fourth-order valence-electron chi connectivity index (χ4n) is 2.79. The second-order valence-corrected chi connectivity index (χ2v) is 7.36. The fraction of sp³-hybridized carbons (Fsp3) is 0.364. The van der Waals surface area contributed by atoms with Crippen molar-refractivity contribution >= 4 is 17.5 Å². The first-order chi connectivity index (χ1) is 12.9. The van der Waals surface area contributed by atoms with E-state index in [1.54, 1.807) is 24.3 Å². The van der Waals surface area contributed by atoms with Crippen LogP contribution in [-0.2, 0) is 4.79 Å². The Labute approximate surface area is 160 Å². The maximum Gasteiger partial charge on any atom is 0.262 e. The zero-order valence-corrected chi connectivity index (χ0v) is 16.0. The van der Waals surface area contributed by atoms with Gasteiger partial charge < -0.3 is 15.4 Å². The number of aryl methyl sites for hydroxylation is 1. The molecule has 0 spiro atoms. The molecule has 3 rings (SSSR count). The molecule has 2 aromatic rings. The average molecular weight is 366 g/mol. The number of carbonyl (C=O) groups is 2. The van der Waals surface area contributed by atoms with Crippen molar-refractivity contribution in [3.05, 3.63) is 59.2 Å². The summed E-state index contributed by atoms with van der Waals surface area (Å²) in [5.41, 5.74) is 3.41. The molecule has 5 nitrogen and oxygen atoms in total. The first-order valence-electron chi connectivity index (χ1n) is 9.36. The maximum atomic E-state index is 12.2. The summed E-state index contributed by atoms with van der Waals surface area (Å²) in [5.74, 6) is 0.756. The van der Waals surface area contributed by atoms with Gasteiger partial charge in [0.15, 0.2) is 6.61 Å². The van der Waals surface area contributed by atoms with E-state index in [9.17, 15) is 9.59 Å². The molecular formula is C22H26N2O3. The highest BCUT2D eigenvalue weighted by atomic mass is 16.5. The van der Waals surface area contributed by atoms with E-state index in [2.05, 4.69) is 24.5 Å². The second kappa shape index (κ2) is 8.25. The molecule has 1 fully saturated rings. The van der Waals surface area contributed by atoms with Gasteiger partial charge in [-0.1, -0.05) is 26.0 Å². The minimum absolute atomic E-state index is 0.0624. The highest BCUT2D eigenvalue weighted by Gasteiger charge is 2.23. The normalized spacial score (nSPS) is 13.3. The Morgan fingerprint density at radius 3 is 2.44 bits per heavy atom. The van der Waals surface area contributed by atoms with Gasteiger partial charge in [0, 0.05) is 17.3 Å². The molecule has 142 valence electrons. The molecule has 27 heavy (non-hydrogen) atoms. The molecule has 1 saturated carbocycles. The van der Waals surface area contributed by atoms with Crippen LogP contribution in [0.25, 0.3) is 0 Å². The van der Waals surface area contributed by atoms with Crippen molar-refractivity contribution in [2.24, 2.45) is 0 Å². The summed E-state index contributed by atoms with van der Waals surface area (Å²) in [6.07, 6.45) is 2.11. The number of benzene rings is 2. The standard InChI is InChI=1S/C22H26N2O3/c1-14(2)19-11-4-15(3)12-20(19)27-13-21(25)23-17-7-5-16(6-8-17)22(26)24-18-9-10-18/h4-8,11-12,14,18H,9-10,13H2,1-3H3,(H,23,25)(H,24,26). The van der Waals surface area contributed by atoms with Gasteiger partial charge in [0.1, 0.15) is 5.75 Å². The first kappa shape index (κ1) is 19.0. The monoisotopic (exact) mass is 366 g/mol. The minimum Gasteiger partial charge on any atom is -0.483 e. The molecule has 0 unspecified atom stereocenters. The Morgan fingerprint density at radius 1 is 1.11 bits per heavy atom. The van der Waals surface area contributed by atoms with Gasteiger partial charge in [-0.15, -0.1) is 0 Å². The number of rotatable bonds is 7. The molecule has 1 aliphatic rings. The smallest absolute Gasteiger partial charge is 0.262 e. The van der Waals surface area contributed by atoms with Crippen molar-refractivity contribution in [2.75, 3.05) is 11.9 Å². The summed E-state index contributed by atoms with van der Waals surface area (Å²) in [5, 5.41) is 5.74. The van der Waals surface area contributed by atoms with Gasteiger partial charge in [-0.25, -0.2) is 0 Å². The molecule has 1 aliphatic carbocycles. The van der Waals surface area contributed by atoms with E-state index < -0.39 is 0 Å². The predicted octanol–water partition coefficient (Wildman–Crippen LogP) is 4.03. The number of amides is 2. The molecule has 0 atom stereocenters. The number of hydrogen-bond acceptors (Lipinski definition) is 3. The van der Waals surface area contributed by atoms with Crippen LogP contribution in [-0.4, -0.2) is 24.5 Å². The van der Waals surface area contributed by atoms with Crippen molar-refractivity contribution < 1.29 is 14.3 Å². The van der Waals surface area contributed by atoms with Gasteiger partial charge in [0.25, 0.3) is 11.8 Å². The van der Waals surface area contributed by atoms with Crippen molar-refractivity contribution in [2.45, 2.75) is 45.6 Å². The molecular weight excluding hydrogens is 340 g/mol. The Hall–Kier alpha value is -2.82. The molecule has 0 radical (unpaired) electrons. The molecule has 5 heteroatoms. The van der Waals surface area contributed by atoms with Crippen LogP contribution in [0.2, 0.25) is 0 Å². The fourth-order valence-corrected chi connectivity index (χ4v) is 2.79. The lowest BCUT2D eigenvalue weighted by molar-refractivity contribution is -0.118. The van der Waals surface area contributed by atoms with Gasteiger partial charge in [-0.3, -0.25) is 9.59 Å². The third-order valence-corrected chi connectivity index (χ3v) is 4.49. The van der Waals surface area contributed by atoms with Crippen LogP contribution in [0.4, 0.5) is 5.69 Å². The Balaban J connectivity index is 1.55. The van der Waals surface area contributed by atoms with Crippen LogP contribution >= 0.6 is 0 Å². The van der Waals surface area contributed by atoms with Gasteiger partial charge in [-0.05, 0) is 67.1 Å². The van der Waals surface area contributed by atoms with E-state index in [-0.39, 0.29) is 18.4 Å². The van der Waals surface area contributed by atoms with E-state index in [0.717, 1.165) is 29.7 Å². The molecule has 0 bridgehead atoms. The molecule has 0 heterocycles. The van der Waals surface area contributed by atoms with Crippen LogP contribution < -0.4 is 15.4 Å². The maximum absolute atomic E-state index is 12.2. The van der Waals surface area contributed by atoms with E-state index >= 15 is 0 Å². The molecule has 2 aromatic carbocycles. The number of carbonyl (C=O) groups excluding carboxylic acids is 2. The van der Waals surface area contributed by atoms with E-state index in [0.29, 0.717) is 23.2 Å². The number of ether oxygens (including phenoxy) is 1. The Morgan fingerprint density at radius 2 is 1.81 bits per heavy atom. The van der Waals surface area contributed by atoms with Crippen LogP contribution in [0.15, 0.2) is 42.5 Å². The van der Waals surface area contributed by atoms with Crippen LogP contribution in [0.5, 0.6) is 5.75 Å². The lowest BCUT2D eigenvalue weighted by Gasteiger charge is -2.15. The Bertz CT molecular complexity index is 824. The highest BCUT2D eigenvalue weighted by Crippen LogP contribution is 2.27. The minimum atomic E-state index is -0.235. The van der Waals surface area contributed by atoms with Crippen molar-refractivity contribution in [3.63, 3.8) is 0 Å². The Kier molecular flexibility index (Phi) is 5.79.